The van der Waals surface area contributed by atoms with Crippen LogP contribution in [0.4, 0.5) is 4.79 Å². The number of carbonyl (C=O) groups is 5. The zero-order valence-electron chi connectivity index (χ0n) is 27.6. The van der Waals surface area contributed by atoms with E-state index in [4.69, 9.17) is 20.0 Å². The van der Waals surface area contributed by atoms with E-state index < -0.39 is 28.9 Å². The van der Waals surface area contributed by atoms with Gasteiger partial charge in [-0.15, -0.1) is 0 Å². The van der Waals surface area contributed by atoms with Crippen molar-refractivity contribution < 1.29 is 42.9 Å². The predicted molar refractivity (Wildman–Crippen MR) is 170 cm³/mol. The lowest BCUT2D eigenvalue weighted by Crippen LogP contribution is -2.38. The van der Waals surface area contributed by atoms with Gasteiger partial charge < -0.3 is 18.9 Å². The maximum atomic E-state index is 12.2. The van der Waals surface area contributed by atoms with E-state index in [-0.39, 0.29) is 17.5 Å². The van der Waals surface area contributed by atoms with Crippen LogP contribution in [-0.2, 0) is 57.4 Å². The Hall–Kier alpha value is -5.03. The monoisotopic (exact) mass is 646 g/mol. The maximum Gasteiger partial charge on any atom is 0.507 e. The molecule has 0 aliphatic heterocycles. The summed E-state index contributed by atoms with van der Waals surface area (Å²) in [5.41, 5.74) is 1.69. The molecule has 47 heavy (non-hydrogen) atoms. The highest BCUT2D eigenvalue weighted by Gasteiger charge is 2.50. The summed E-state index contributed by atoms with van der Waals surface area (Å²) in [6.45, 7) is 1.84. The summed E-state index contributed by atoms with van der Waals surface area (Å²) >= 11 is 0. The van der Waals surface area contributed by atoms with Crippen molar-refractivity contribution in [3.05, 3.63) is 70.8 Å². The molecule has 2 saturated carbocycles. The average Bonchev–Trinajstić information content (AvgIpc) is 3.66. The molecule has 0 spiro atoms. The van der Waals surface area contributed by atoms with Crippen molar-refractivity contribution in [3.63, 3.8) is 0 Å². The molecule has 2 aromatic carbocycles. The highest BCUT2D eigenvalue weighted by atomic mass is 16.7. The lowest BCUT2D eigenvalue weighted by molar-refractivity contribution is -0.157. The lowest BCUT2D eigenvalue weighted by Gasteiger charge is -2.24. The number of benzene rings is 2. The first-order valence-corrected chi connectivity index (χ1v) is 15.3. The first-order valence-electron chi connectivity index (χ1n) is 15.3. The van der Waals surface area contributed by atoms with Gasteiger partial charge in [-0.2, -0.15) is 10.5 Å². The molecular weight excluding hydrogens is 604 g/mol. The van der Waals surface area contributed by atoms with Crippen molar-refractivity contribution in [3.8, 4) is 12.1 Å². The second-order valence-corrected chi connectivity index (χ2v) is 11.5. The van der Waals surface area contributed by atoms with Gasteiger partial charge in [-0.3, -0.25) is 19.2 Å². The molecule has 0 N–H and O–H groups in total. The zero-order valence-corrected chi connectivity index (χ0v) is 27.6. The third-order valence-corrected chi connectivity index (χ3v) is 8.56. The summed E-state index contributed by atoms with van der Waals surface area (Å²) in [5, 5.41) is 17.6. The minimum atomic E-state index is -1.02. The van der Waals surface area contributed by atoms with Gasteiger partial charge in [0.1, 0.15) is 10.8 Å². The molecule has 250 valence electrons. The molecule has 0 heterocycles. The van der Waals surface area contributed by atoms with Gasteiger partial charge in [0.05, 0.1) is 52.9 Å². The van der Waals surface area contributed by atoms with Gasteiger partial charge in [0, 0.05) is 12.8 Å². The van der Waals surface area contributed by atoms with E-state index in [9.17, 15) is 24.0 Å². The number of methoxy groups -OCH3 is 4. The van der Waals surface area contributed by atoms with Crippen LogP contribution in [0.1, 0.15) is 73.6 Å². The Morgan fingerprint density at radius 1 is 0.702 bits per heavy atom. The zero-order chi connectivity index (χ0) is 35.0. The van der Waals surface area contributed by atoms with Crippen molar-refractivity contribution in [1.82, 2.24) is 0 Å². The number of hydrogen-bond acceptors (Lipinski definition) is 11. The summed E-state index contributed by atoms with van der Waals surface area (Å²) < 4.78 is 17.8. The fourth-order valence-electron chi connectivity index (χ4n) is 5.84. The molecule has 2 aromatic rings. The minimum absolute atomic E-state index is 0.0227. The molecule has 0 saturated heterocycles. The van der Waals surface area contributed by atoms with Crippen LogP contribution < -0.4 is 0 Å². The van der Waals surface area contributed by atoms with Gasteiger partial charge in [-0.05, 0) is 67.7 Å². The topological polar surface area (TPSA) is 170 Å². The number of carbonyl (C=O) groups excluding carboxylic acids is 5. The van der Waals surface area contributed by atoms with Gasteiger partial charge >= 0.3 is 18.1 Å². The third-order valence-electron chi connectivity index (χ3n) is 8.56. The molecule has 0 bridgehead atoms. The second-order valence-electron chi connectivity index (χ2n) is 11.5. The SMILES string of the molecule is COC(=O)C1(Cc2ccc(C(C)C#N)cc2)CCCC1=O.COC(=O)C1(Cc2ccc(CC#N)cc2)CCCC1=O.COC(=O)OC. The molecule has 2 aliphatic rings. The molecule has 11 nitrogen and oxygen atoms in total. The van der Waals surface area contributed by atoms with Gasteiger partial charge in [-0.25, -0.2) is 4.79 Å². The third kappa shape index (κ3) is 9.73. The molecule has 2 fully saturated rings. The Kier molecular flexibility index (Phi) is 14.8. The second kappa shape index (κ2) is 18.2. The predicted octanol–water partition coefficient (Wildman–Crippen LogP) is 5.38. The van der Waals surface area contributed by atoms with Gasteiger partial charge in [0.2, 0.25) is 0 Å². The number of hydrogen-bond donors (Lipinski definition) is 0. The van der Waals surface area contributed by atoms with Crippen LogP contribution in [0.5, 0.6) is 0 Å². The molecule has 3 atom stereocenters. The van der Waals surface area contributed by atoms with Crippen LogP contribution in [0.3, 0.4) is 0 Å². The maximum absolute atomic E-state index is 12.2. The number of nitriles is 2. The highest BCUT2D eigenvalue weighted by molar-refractivity contribution is 6.06. The Bertz CT molecular complexity index is 1480. The van der Waals surface area contributed by atoms with E-state index in [1.165, 1.54) is 28.4 Å². The molecular formula is C36H42N2O9. The number of ether oxygens (including phenoxy) is 4. The van der Waals surface area contributed by atoms with Crippen LogP contribution in [0.15, 0.2) is 48.5 Å². The quantitative estimate of drug-likeness (QED) is 0.205. The number of rotatable bonds is 8. The minimum Gasteiger partial charge on any atom is -0.468 e. The van der Waals surface area contributed by atoms with E-state index >= 15 is 0 Å². The smallest absolute Gasteiger partial charge is 0.468 e. The number of esters is 2. The summed E-state index contributed by atoms with van der Waals surface area (Å²) in [4.78, 5) is 58.2. The summed E-state index contributed by atoms with van der Waals surface area (Å²) in [6, 6.07) is 19.3. The van der Waals surface area contributed by atoms with Crippen molar-refractivity contribution in [2.45, 2.75) is 70.6 Å². The average molecular weight is 647 g/mol. The van der Waals surface area contributed by atoms with E-state index in [0.29, 0.717) is 44.9 Å². The standard InChI is InChI=1S/C17H19NO3.C16H17NO3.C3H6O3/c1-12(11-18)14-7-5-13(6-8-14)10-17(16(20)21-2)9-3-4-15(17)19;1-20-15(19)16(9-2-3-14(16)18)11-13-6-4-12(5-7-13)8-10-17;1-5-3(4)6-2/h5-8,12H,3-4,9-10H2,1-2H3;4-7H,2-3,8-9,11H2,1H3;1-2H3. The molecule has 0 radical (unpaired) electrons. The largest absolute Gasteiger partial charge is 0.507 e. The Labute approximate surface area is 275 Å². The van der Waals surface area contributed by atoms with E-state index in [1.807, 2.05) is 55.5 Å². The Morgan fingerprint density at radius 3 is 1.40 bits per heavy atom. The van der Waals surface area contributed by atoms with Gasteiger partial charge in [-0.1, -0.05) is 48.5 Å². The van der Waals surface area contributed by atoms with Crippen molar-refractivity contribution in [2.75, 3.05) is 28.4 Å². The summed E-state index contributed by atoms with van der Waals surface area (Å²) in [7, 11) is 5.16. The number of nitrogens with zero attached hydrogens (tertiary/aromatic N) is 2. The molecule has 0 amide bonds. The van der Waals surface area contributed by atoms with Gasteiger partial charge in [0.15, 0.2) is 11.6 Å². The normalized spacial score (nSPS) is 20.1. The molecule has 3 unspecified atom stereocenters. The fourth-order valence-corrected chi connectivity index (χ4v) is 5.84. The van der Waals surface area contributed by atoms with Crippen LogP contribution in [0.2, 0.25) is 0 Å². The van der Waals surface area contributed by atoms with Crippen LogP contribution in [0, 0.1) is 33.5 Å². The number of Topliss-reactive ketones (excluding diaryl/α,β-unsaturated/α-hetero) is 2. The van der Waals surface area contributed by atoms with Crippen LogP contribution in [-0.4, -0.2) is 58.1 Å². The number of ketones is 2. The molecule has 2 aliphatic carbocycles. The Morgan fingerprint density at radius 2 is 1.11 bits per heavy atom. The first-order chi connectivity index (χ1) is 22.5. The molecule has 0 aromatic heterocycles. The van der Waals surface area contributed by atoms with Crippen molar-refractivity contribution >= 4 is 29.7 Å². The van der Waals surface area contributed by atoms with E-state index in [1.54, 1.807) is 0 Å². The van der Waals surface area contributed by atoms with E-state index in [2.05, 4.69) is 21.6 Å². The summed E-state index contributed by atoms with van der Waals surface area (Å²) in [6.07, 6.45) is 3.92. The van der Waals surface area contributed by atoms with Crippen LogP contribution in [0.25, 0.3) is 0 Å². The first kappa shape index (κ1) is 38.2. The van der Waals surface area contributed by atoms with Crippen molar-refractivity contribution in [1.29, 1.82) is 10.5 Å². The molecule has 4 rings (SSSR count). The van der Waals surface area contributed by atoms with Crippen molar-refractivity contribution in [2.24, 2.45) is 10.8 Å². The highest BCUT2D eigenvalue weighted by Crippen LogP contribution is 2.40. The Balaban J connectivity index is 0.000000279. The van der Waals surface area contributed by atoms with E-state index in [0.717, 1.165) is 35.1 Å². The lowest BCUT2D eigenvalue weighted by atomic mass is 9.79. The van der Waals surface area contributed by atoms with Gasteiger partial charge in [0.25, 0.3) is 0 Å². The van der Waals surface area contributed by atoms with Crippen LogP contribution >= 0.6 is 0 Å². The molecule has 11 heteroatoms. The summed E-state index contributed by atoms with van der Waals surface area (Å²) in [5.74, 6) is -1.07. The fraction of sp³-hybridized carbons (Fsp3) is 0.472.